The molecule has 1 aromatic heterocycles. The fraction of sp³-hybridized carbons (Fsp3) is 0.591. The van der Waals surface area contributed by atoms with Crippen LogP contribution in [0.4, 0.5) is 0 Å². The molecule has 1 amide bonds. The average molecular weight is 418 g/mol. The number of carbonyl (C=O) groups excluding carboxylic acids is 1. The second kappa shape index (κ2) is 8.48. The summed E-state index contributed by atoms with van der Waals surface area (Å²) in [7, 11) is -3.41. The first-order valence-corrected chi connectivity index (χ1v) is 12.3. The Bertz CT molecular complexity index is 976. The molecule has 0 bridgehead atoms. The standard InChI is InChI=1S/C22H31N3O3S/c1-17-6-2-3-7-20(17)23-22(26)11-15-24-14-10-18-16-19(8-9-21(18)24)29(27,28)25-12-4-5-13-25/h8-10,14,16-17,20H,2-7,11-13,15H2,1H3,(H,23,26)/t17-,20-/m0/s1. The predicted molar refractivity (Wildman–Crippen MR) is 114 cm³/mol. The predicted octanol–water partition coefficient (Wildman–Crippen LogP) is 3.51. The Balaban J connectivity index is 1.42. The van der Waals surface area contributed by atoms with Crippen LogP contribution in [0.15, 0.2) is 35.4 Å². The van der Waals surface area contributed by atoms with Gasteiger partial charge >= 0.3 is 0 Å². The van der Waals surface area contributed by atoms with Gasteiger partial charge in [-0.05, 0) is 55.9 Å². The minimum absolute atomic E-state index is 0.0961. The van der Waals surface area contributed by atoms with Crippen LogP contribution in [0.2, 0.25) is 0 Å². The number of carbonyl (C=O) groups is 1. The fourth-order valence-electron chi connectivity index (χ4n) is 4.64. The Morgan fingerprint density at radius 2 is 1.86 bits per heavy atom. The molecular formula is C22H31N3O3S. The fourth-order valence-corrected chi connectivity index (χ4v) is 6.20. The smallest absolute Gasteiger partial charge is 0.243 e. The van der Waals surface area contributed by atoms with Crippen molar-refractivity contribution in [1.29, 1.82) is 0 Å². The molecule has 1 aliphatic heterocycles. The Kier molecular flexibility index (Phi) is 5.97. The van der Waals surface area contributed by atoms with Gasteiger partial charge in [-0.2, -0.15) is 4.31 Å². The molecule has 1 aliphatic carbocycles. The second-order valence-electron chi connectivity index (χ2n) is 8.53. The molecule has 1 saturated carbocycles. The molecule has 0 spiro atoms. The van der Waals surface area contributed by atoms with Gasteiger partial charge in [0.25, 0.3) is 0 Å². The van der Waals surface area contributed by atoms with Crippen LogP contribution in [0.25, 0.3) is 10.9 Å². The molecule has 1 N–H and O–H groups in total. The summed E-state index contributed by atoms with van der Waals surface area (Å²) in [5, 5.41) is 4.10. The van der Waals surface area contributed by atoms with Crippen molar-refractivity contribution >= 4 is 26.8 Å². The molecule has 29 heavy (non-hydrogen) atoms. The van der Waals surface area contributed by atoms with Crippen LogP contribution in [0, 0.1) is 5.92 Å². The average Bonchev–Trinajstić information content (AvgIpc) is 3.38. The molecule has 2 aliphatic rings. The molecule has 2 fully saturated rings. The molecule has 2 heterocycles. The van der Waals surface area contributed by atoms with Crippen LogP contribution in [-0.2, 0) is 21.4 Å². The topological polar surface area (TPSA) is 71.4 Å². The maximum absolute atomic E-state index is 12.8. The minimum Gasteiger partial charge on any atom is -0.353 e. The summed E-state index contributed by atoms with van der Waals surface area (Å²) < 4.78 is 29.2. The lowest BCUT2D eigenvalue weighted by Gasteiger charge is -2.29. The van der Waals surface area contributed by atoms with Crippen LogP contribution in [0.1, 0.15) is 51.9 Å². The maximum atomic E-state index is 12.8. The van der Waals surface area contributed by atoms with E-state index < -0.39 is 10.0 Å². The third-order valence-corrected chi connectivity index (χ3v) is 8.38. The van der Waals surface area contributed by atoms with Crippen molar-refractivity contribution in [2.75, 3.05) is 13.1 Å². The zero-order chi connectivity index (χ0) is 20.4. The van der Waals surface area contributed by atoms with Gasteiger partial charge in [-0.3, -0.25) is 4.79 Å². The van der Waals surface area contributed by atoms with E-state index in [9.17, 15) is 13.2 Å². The molecule has 1 saturated heterocycles. The van der Waals surface area contributed by atoms with Crippen LogP contribution in [0.5, 0.6) is 0 Å². The van der Waals surface area contributed by atoms with Gasteiger partial charge in [0.15, 0.2) is 0 Å². The molecule has 158 valence electrons. The van der Waals surface area contributed by atoms with Gasteiger partial charge in [0.05, 0.1) is 4.90 Å². The van der Waals surface area contributed by atoms with Crippen molar-refractivity contribution in [3.63, 3.8) is 0 Å². The van der Waals surface area contributed by atoms with E-state index in [-0.39, 0.29) is 5.91 Å². The van der Waals surface area contributed by atoms with Crippen molar-refractivity contribution in [1.82, 2.24) is 14.2 Å². The molecule has 0 radical (unpaired) electrons. The summed E-state index contributed by atoms with van der Waals surface area (Å²) in [6.07, 6.45) is 8.95. The number of benzene rings is 1. The third kappa shape index (κ3) is 4.36. The molecule has 7 heteroatoms. The van der Waals surface area contributed by atoms with Gasteiger partial charge in [0, 0.05) is 49.2 Å². The molecule has 0 unspecified atom stereocenters. The van der Waals surface area contributed by atoms with Crippen molar-refractivity contribution in [3.05, 3.63) is 30.5 Å². The zero-order valence-electron chi connectivity index (χ0n) is 17.1. The highest BCUT2D eigenvalue weighted by atomic mass is 32.2. The highest BCUT2D eigenvalue weighted by Crippen LogP contribution is 2.26. The van der Waals surface area contributed by atoms with Gasteiger partial charge in [-0.1, -0.05) is 19.8 Å². The summed E-state index contributed by atoms with van der Waals surface area (Å²) >= 11 is 0. The molecular weight excluding hydrogens is 386 g/mol. The number of nitrogens with one attached hydrogen (secondary N) is 1. The SMILES string of the molecule is C[C@H]1CCCC[C@@H]1NC(=O)CCn1ccc2cc(S(=O)(=O)N3CCCC3)ccc21. The van der Waals surface area contributed by atoms with Crippen LogP contribution >= 0.6 is 0 Å². The normalized spacial score (nSPS) is 23.5. The van der Waals surface area contributed by atoms with E-state index in [1.54, 1.807) is 16.4 Å². The molecule has 6 nitrogen and oxygen atoms in total. The molecule has 2 atom stereocenters. The number of hydrogen-bond acceptors (Lipinski definition) is 3. The number of rotatable bonds is 6. The number of nitrogens with zero attached hydrogens (tertiary/aromatic N) is 2. The van der Waals surface area contributed by atoms with Crippen LogP contribution < -0.4 is 5.32 Å². The first-order chi connectivity index (χ1) is 13.9. The molecule has 2 aromatic rings. The third-order valence-electron chi connectivity index (χ3n) is 6.48. The van der Waals surface area contributed by atoms with Gasteiger partial charge in [0.1, 0.15) is 0 Å². The summed E-state index contributed by atoms with van der Waals surface area (Å²) in [5.74, 6) is 0.648. The first kappa shape index (κ1) is 20.4. The summed E-state index contributed by atoms with van der Waals surface area (Å²) in [5.41, 5.74) is 0.962. The number of hydrogen-bond donors (Lipinski definition) is 1. The highest BCUT2D eigenvalue weighted by Gasteiger charge is 2.27. The van der Waals surface area contributed by atoms with E-state index in [0.717, 1.165) is 30.2 Å². The Hall–Kier alpha value is -1.86. The van der Waals surface area contributed by atoms with E-state index in [2.05, 4.69) is 12.2 Å². The molecule has 1 aromatic carbocycles. The van der Waals surface area contributed by atoms with Crippen molar-refractivity contribution in [2.45, 2.75) is 69.4 Å². The number of aryl methyl sites for hydroxylation is 1. The number of amides is 1. The first-order valence-electron chi connectivity index (χ1n) is 10.8. The summed E-state index contributed by atoms with van der Waals surface area (Å²) in [4.78, 5) is 12.8. The lowest BCUT2D eigenvalue weighted by atomic mass is 9.86. The largest absolute Gasteiger partial charge is 0.353 e. The Morgan fingerprint density at radius 1 is 1.10 bits per heavy atom. The molecule has 4 rings (SSSR count). The van der Waals surface area contributed by atoms with Crippen LogP contribution in [-0.4, -0.2) is 42.3 Å². The number of sulfonamides is 1. The van der Waals surface area contributed by atoms with Gasteiger partial charge < -0.3 is 9.88 Å². The van der Waals surface area contributed by atoms with E-state index in [0.29, 0.717) is 42.9 Å². The van der Waals surface area contributed by atoms with E-state index in [1.165, 1.54) is 19.3 Å². The minimum atomic E-state index is -3.41. The van der Waals surface area contributed by atoms with Crippen molar-refractivity contribution in [3.8, 4) is 0 Å². The van der Waals surface area contributed by atoms with Gasteiger partial charge in [0.2, 0.25) is 15.9 Å². The number of aromatic nitrogens is 1. The Morgan fingerprint density at radius 3 is 2.62 bits per heavy atom. The van der Waals surface area contributed by atoms with Crippen molar-refractivity contribution < 1.29 is 13.2 Å². The summed E-state index contributed by atoms with van der Waals surface area (Å²) in [6, 6.07) is 7.54. The van der Waals surface area contributed by atoms with E-state index >= 15 is 0 Å². The van der Waals surface area contributed by atoms with Gasteiger partial charge in [-0.25, -0.2) is 8.42 Å². The number of fused-ring (bicyclic) bond motifs is 1. The lowest BCUT2D eigenvalue weighted by molar-refractivity contribution is -0.122. The Labute approximate surface area is 173 Å². The maximum Gasteiger partial charge on any atom is 0.243 e. The monoisotopic (exact) mass is 417 g/mol. The lowest BCUT2D eigenvalue weighted by Crippen LogP contribution is -2.41. The second-order valence-corrected chi connectivity index (χ2v) is 10.5. The van der Waals surface area contributed by atoms with Gasteiger partial charge in [-0.15, -0.1) is 0 Å². The van der Waals surface area contributed by atoms with E-state index in [1.807, 2.05) is 22.9 Å². The highest BCUT2D eigenvalue weighted by molar-refractivity contribution is 7.89. The van der Waals surface area contributed by atoms with Crippen molar-refractivity contribution in [2.24, 2.45) is 5.92 Å². The zero-order valence-corrected chi connectivity index (χ0v) is 18.0. The van der Waals surface area contributed by atoms with Crippen LogP contribution in [0.3, 0.4) is 0 Å². The quantitative estimate of drug-likeness (QED) is 0.782. The summed E-state index contributed by atoms with van der Waals surface area (Å²) in [6.45, 7) is 4.03. The van der Waals surface area contributed by atoms with E-state index in [4.69, 9.17) is 0 Å².